The van der Waals surface area contributed by atoms with Crippen LogP contribution < -0.4 is 4.80 Å². The second-order valence-electron chi connectivity index (χ2n) is 7.20. The first-order valence-electron chi connectivity index (χ1n) is 9.55. The molecule has 152 valence electrons. The summed E-state index contributed by atoms with van der Waals surface area (Å²) in [7, 11) is 0. The summed E-state index contributed by atoms with van der Waals surface area (Å²) in [6.07, 6.45) is 1.82. The fourth-order valence-corrected chi connectivity index (χ4v) is 4.25. The van der Waals surface area contributed by atoms with E-state index in [0.717, 1.165) is 38.2 Å². The van der Waals surface area contributed by atoms with E-state index < -0.39 is 4.92 Å². The summed E-state index contributed by atoms with van der Waals surface area (Å²) in [4.78, 5) is 19.6. The highest BCUT2D eigenvalue weighted by Crippen LogP contribution is 2.25. The third-order valence-corrected chi connectivity index (χ3v) is 5.48. The minimum Gasteiger partial charge on any atom is -0.358 e. The predicted octanol–water partition coefficient (Wildman–Crippen LogP) is 5.11. The molecule has 1 N–H and O–H groups in total. The zero-order valence-electron chi connectivity index (χ0n) is 16.9. The molecule has 0 radical (unpaired) electrons. The van der Waals surface area contributed by atoms with Crippen LogP contribution in [0.15, 0.2) is 64.0 Å². The van der Waals surface area contributed by atoms with Crippen LogP contribution in [0.1, 0.15) is 25.1 Å². The van der Waals surface area contributed by atoms with E-state index in [0.29, 0.717) is 0 Å². The second-order valence-corrected chi connectivity index (χ2v) is 8.04. The molecule has 4 rings (SSSR count). The lowest BCUT2D eigenvalue weighted by Crippen LogP contribution is -2.14. The van der Waals surface area contributed by atoms with Crippen LogP contribution in [0.4, 0.5) is 5.69 Å². The maximum Gasteiger partial charge on any atom is 0.270 e. The summed E-state index contributed by atoms with van der Waals surface area (Å²) in [6, 6.07) is 14.7. The number of aromatic nitrogens is 2. The number of rotatable bonds is 5. The van der Waals surface area contributed by atoms with Gasteiger partial charge in [-0.3, -0.25) is 15.1 Å². The van der Waals surface area contributed by atoms with Crippen molar-refractivity contribution < 1.29 is 4.92 Å². The molecule has 2 aromatic heterocycles. The van der Waals surface area contributed by atoms with Crippen molar-refractivity contribution in [3.05, 3.63) is 80.1 Å². The lowest BCUT2D eigenvalue weighted by molar-refractivity contribution is -0.384. The Kier molecular flexibility index (Phi) is 5.33. The highest BCUT2D eigenvalue weighted by atomic mass is 32.1. The summed E-state index contributed by atoms with van der Waals surface area (Å²) in [6.45, 7) is 6.02. The first-order valence-corrected chi connectivity index (χ1v) is 10.4. The number of hydrogen-bond acceptors (Lipinski definition) is 5. The van der Waals surface area contributed by atoms with Gasteiger partial charge in [-0.15, -0.1) is 11.3 Å². The number of hydrogen-bond donors (Lipinski definition) is 1. The van der Waals surface area contributed by atoms with Crippen molar-refractivity contribution in [2.75, 3.05) is 0 Å². The molecule has 2 heterocycles. The number of nitrogens with zero attached hydrogens (tertiary/aromatic N) is 4. The average Bonchev–Trinajstić information content (AvgIpc) is 3.25. The van der Waals surface area contributed by atoms with Gasteiger partial charge in [0.2, 0.25) is 4.80 Å². The SMILES string of the molecule is Cc1[nH]c2ccccc2c1C=Nn1c(-c2cccc([N+](=O)[O-])c2)csc1=NC(C)C. The summed E-state index contributed by atoms with van der Waals surface area (Å²) in [5.74, 6) is 0. The number of nitrogens with one attached hydrogen (secondary N) is 1. The van der Waals surface area contributed by atoms with Gasteiger partial charge in [0.25, 0.3) is 5.69 Å². The Hall–Kier alpha value is -3.52. The minimum atomic E-state index is -0.391. The number of non-ortho nitro benzene ring substituents is 1. The van der Waals surface area contributed by atoms with E-state index in [2.05, 4.69) is 16.0 Å². The van der Waals surface area contributed by atoms with Crippen molar-refractivity contribution in [1.29, 1.82) is 0 Å². The maximum absolute atomic E-state index is 11.2. The Morgan fingerprint density at radius 2 is 2.00 bits per heavy atom. The van der Waals surface area contributed by atoms with Gasteiger partial charge in [0, 0.05) is 51.3 Å². The van der Waals surface area contributed by atoms with Crippen molar-refractivity contribution in [3.8, 4) is 11.3 Å². The molecule has 0 saturated carbocycles. The second kappa shape index (κ2) is 8.08. The van der Waals surface area contributed by atoms with Gasteiger partial charge in [-0.25, -0.2) is 4.68 Å². The number of para-hydroxylation sites is 1. The molecule has 0 amide bonds. The molecule has 8 heteroatoms. The summed E-state index contributed by atoms with van der Waals surface area (Å²) >= 11 is 1.46. The molecule has 0 aliphatic carbocycles. The van der Waals surface area contributed by atoms with Crippen molar-refractivity contribution in [3.63, 3.8) is 0 Å². The fourth-order valence-electron chi connectivity index (χ4n) is 3.28. The highest BCUT2D eigenvalue weighted by Gasteiger charge is 2.13. The molecule has 2 aromatic carbocycles. The number of nitro groups is 1. The van der Waals surface area contributed by atoms with E-state index >= 15 is 0 Å². The van der Waals surface area contributed by atoms with Crippen molar-refractivity contribution >= 4 is 34.1 Å². The fraction of sp³-hybridized carbons (Fsp3) is 0.182. The summed E-state index contributed by atoms with van der Waals surface area (Å²) in [5, 5.41) is 19.0. The predicted molar refractivity (Wildman–Crippen MR) is 121 cm³/mol. The van der Waals surface area contributed by atoms with Gasteiger partial charge >= 0.3 is 0 Å². The molecule has 30 heavy (non-hydrogen) atoms. The Balaban J connectivity index is 1.87. The third-order valence-electron chi connectivity index (χ3n) is 4.65. The van der Waals surface area contributed by atoms with E-state index in [1.807, 2.05) is 56.6 Å². The first kappa shape index (κ1) is 19.8. The van der Waals surface area contributed by atoms with Gasteiger partial charge in [-0.2, -0.15) is 5.10 Å². The molecule has 7 nitrogen and oxygen atoms in total. The van der Waals surface area contributed by atoms with Gasteiger partial charge in [-0.05, 0) is 26.8 Å². The molecule has 4 aromatic rings. The number of H-pyrrole nitrogens is 1. The topological polar surface area (TPSA) is 88.6 Å². The zero-order valence-corrected chi connectivity index (χ0v) is 17.7. The van der Waals surface area contributed by atoms with Crippen LogP contribution in [0.25, 0.3) is 22.2 Å². The molecule has 0 aliphatic heterocycles. The monoisotopic (exact) mass is 419 g/mol. The van der Waals surface area contributed by atoms with Crippen molar-refractivity contribution in [2.24, 2.45) is 10.1 Å². The molecular formula is C22H21N5O2S. The van der Waals surface area contributed by atoms with Gasteiger partial charge in [0.05, 0.1) is 16.8 Å². The van der Waals surface area contributed by atoms with Gasteiger partial charge in [0.1, 0.15) is 0 Å². The van der Waals surface area contributed by atoms with Crippen molar-refractivity contribution in [1.82, 2.24) is 9.66 Å². The maximum atomic E-state index is 11.2. The third kappa shape index (κ3) is 3.81. The lowest BCUT2D eigenvalue weighted by atomic mass is 10.1. The number of benzene rings is 2. The smallest absolute Gasteiger partial charge is 0.270 e. The van der Waals surface area contributed by atoms with E-state index in [9.17, 15) is 10.1 Å². The van der Waals surface area contributed by atoms with Crippen LogP contribution in [0.2, 0.25) is 0 Å². The molecule has 0 unspecified atom stereocenters. The quantitative estimate of drug-likeness (QED) is 0.277. The Bertz CT molecular complexity index is 1330. The van der Waals surface area contributed by atoms with Crippen LogP contribution in [0.5, 0.6) is 0 Å². The van der Waals surface area contributed by atoms with Crippen molar-refractivity contribution in [2.45, 2.75) is 26.8 Å². The average molecular weight is 420 g/mol. The summed E-state index contributed by atoms with van der Waals surface area (Å²) in [5.41, 5.74) is 4.61. The number of aryl methyl sites for hydroxylation is 1. The zero-order chi connectivity index (χ0) is 21.3. The largest absolute Gasteiger partial charge is 0.358 e. The number of thiazole rings is 1. The number of nitro benzene ring substituents is 1. The molecule has 0 atom stereocenters. The Morgan fingerprint density at radius 3 is 2.77 bits per heavy atom. The Labute approximate surface area is 177 Å². The molecule has 0 aliphatic rings. The molecule has 0 fully saturated rings. The summed E-state index contributed by atoms with van der Waals surface area (Å²) < 4.78 is 1.75. The standard InChI is InChI=1S/C22H21N5O2S/c1-14(2)24-22-26(21(13-30-22)16-7-6-8-17(11-16)27(28)29)23-12-19-15(3)25-20-10-5-4-9-18(19)20/h4-14,25H,1-3H3. The lowest BCUT2D eigenvalue weighted by Gasteiger charge is -2.04. The van der Waals surface area contributed by atoms with E-state index in [1.54, 1.807) is 16.8 Å². The van der Waals surface area contributed by atoms with Crippen LogP contribution in [-0.4, -0.2) is 26.8 Å². The van der Waals surface area contributed by atoms with E-state index in [-0.39, 0.29) is 11.7 Å². The Morgan fingerprint density at radius 1 is 1.20 bits per heavy atom. The number of fused-ring (bicyclic) bond motifs is 1. The highest BCUT2D eigenvalue weighted by molar-refractivity contribution is 7.07. The van der Waals surface area contributed by atoms with Crippen LogP contribution >= 0.6 is 11.3 Å². The minimum absolute atomic E-state index is 0.0454. The van der Waals surface area contributed by atoms with E-state index in [1.165, 1.54) is 17.4 Å². The van der Waals surface area contributed by atoms with Crippen LogP contribution in [0.3, 0.4) is 0 Å². The number of aromatic amines is 1. The normalized spacial score (nSPS) is 12.5. The van der Waals surface area contributed by atoms with E-state index in [4.69, 9.17) is 5.10 Å². The van der Waals surface area contributed by atoms with Crippen LogP contribution in [-0.2, 0) is 0 Å². The molecular weight excluding hydrogens is 398 g/mol. The molecule has 0 bridgehead atoms. The molecule has 0 spiro atoms. The van der Waals surface area contributed by atoms with Gasteiger partial charge in [0.15, 0.2) is 0 Å². The van der Waals surface area contributed by atoms with Crippen LogP contribution in [0, 0.1) is 17.0 Å². The van der Waals surface area contributed by atoms with Gasteiger partial charge in [-0.1, -0.05) is 30.3 Å². The molecule has 0 saturated heterocycles. The van der Waals surface area contributed by atoms with Gasteiger partial charge < -0.3 is 4.98 Å². The first-order chi connectivity index (χ1) is 14.4.